The highest BCUT2D eigenvalue weighted by atomic mass is 79.9. The van der Waals surface area contributed by atoms with Gasteiger partial charge in [0.05, 0.1) is 7.57 Å². The molecule has 1 atom stereocenters. The van der Waals surface area contributed by atoms with Gasteiger partial charge >= 0.3 is 5.97 Å². The van der Waals surface area contributed by atoms with Gasteiger partial charge in [-0.1, -0.05) is 13.3 Å². The number of carboxylic acids is 1. The molecule has 0 aliphatic heterocycles. The van der Waals surface area contributed by atoms with Gasteiger partial charge in [0.2, 0.25) is 0 Å². The molecule has 0 aliphatic carbocycles. The molecule has 0 radical (unpaired) electrons. The number of thiophene rings is 1. The summed E-state index contributed by atoms with van der Waals surface area (Å²) in [7, 11) is 0. The van der Waals surface area contributed by atoms with Crippen LogP contribution in [0.3, 0.4) is 0 Å². The van der Waals surface area contributed by atoms with Crippen LogP contribution in [0.4, 0.5) is 0 Å². The number of aromatic nitrogens is 4. The first-order valence-electron chi connectivity index (χ1n) is 5.94. The average Bonchev–Trinajstić information content (AvgIpc) is 2.94. The molecule has 2 rings (SSSR count). The number of aliphatic carboxylic acids is 1. The zero-order valence-electron chi connectivity index (χ0n) is 10.6. The number of hydrogen-bond donors (Lipinski definition) is 1. The third kappa shape index (κ3) is 3.64. The minimum atomic E-state index is -0.800. The summed E-state index contributed by atoms with van der Waals surface area (Å²) in [6.45, 7) is 2.46. The van der Waals surface area contributed by atoms with E-state index in [-0.39, 0.29) is 12.3 Å². The van der Waals surface area contributed by atoms with Crippen LogP contribution in [0.1, 0.15) is 19.8 Å². The predicted octanol–water partition coefficient (Wildman–Crippen LogP) is 3.43. The van der Waals surface area contributed by atoms with Crippen LogP contribution in [0.25, 0.3) is 11.4 Å². The maximum Gasteiger partial charge on any atom is 0.303 e. The van der Waals surface area contributed by atoms with Crippen molar-refractivity contribution in [2.45, 2.75) is 26.3 Å². The second kappa shape index (κ2) is 6.77. The fourth-order valence-corrected chi connectivity index (χ4v) is 4.63. The van der Waals surface area contributed by atoms with E-state index in [1.165, 1.54) is 0 Å². The molecule has 6 nitrogen and oxygen atoms in total. The van der Waals surface area contributed by atoms with Crippen molar-refractivity contribution < 1.29 is 9.90 Å². The maximum atomic E-state index is 10.8. The van der Waals surface area contributed by atoms with Crippen molar-refractivity contribution in [3.63, 3.8) is 0 Å². The van der Waals surface area contributed by atoms with Crippen molar-refractivity contribution in [1.29, 1.82) is 0 Å². The molecular formula is C11H12Br2N4O2S. The van der Waals surface area contributed by atoms with E-state index in [9.17, 15) is 4.79 Å². The van der Waals surface area contributed by atoms with Crippen LogP contribution < -0.4 is 0 Å². The largest absolute Gasteiger partial charge is 0.481 e. The lowest BCUT2D eigenvalue weighted by Gasteiger charge is -2.12. The molecule has 0 aliphatic rings. The fourth-order valence-electron chi connectivity index (χ4n) is 1.84. The van der Waals surface area contributed by atoms with Crippen molar-refractivity contribution in [1.82, 2.24) is 20.2 Å². The highest BCUT2D eigenvalue weighted by Crippen LogP contribution is 2.37. The minimum absolute atomic E-state index is 0.00982. The quantitative estimate of drug-likeness (QED) is 0.769. The lowest BCUT2D eigenvalue weighted by molar-refractivity contribution is -0.138. The minimum Gasteiger partial charge on any atom is -0.481 e. The lowest BCUT2D eigenvalue weighted by Crippen LogP contribution is -2.16. The molecule has 1 unspecified atom stereocenters. The van der Waals surface area contributed by atoms with Crippen molar-refractivity contribution >= 4 is 49.2 Å². The molecule has 0 bridgehead atoms. The summed E-state index contributed by atoms with van der Waals surface area (Å²) in [5.74, 6) is -0.149. The second-order valence-electron chi connectivity index (χ2n) is 4.29. The molecule has 108 valence electrons. The Balaban J connectivity index is 2.24. The van der Waals surface area contributed by atoms with Crippen LogP contribution in [-0.2, 0) is 11.3 Å². The summed E-state index contributed by atoms with van der Waals surface area (Å²) in [5.41, 5.74) is 0.900. The van der Waals surface area contributed by atoms with Gasteiger partial charge < -0.3 is 5.11 Å². The summed E-state index contributed by atoms with van der Waals surface area (Å²) in [4.78, 5) is 10.8. The molecule has 0 fully saturated rings. The average molecular weight is 424 g/mol. The summed E-state index contributed by atoms with van der Waals surface area (Å²) >= 11 is 8.45. The molecule has 9 heteroatoms. The Labute approximate surface area is 136 Å². The Kier molecular flexibility index (Phi) is 5.28. The van der Waals surface area contributed by atoms with Crippen molar-refractivity contribution in [2.24, 2.45) is 5.92 Å². The van der Waals surface area contributed by atoms with Crippen LogP contribution in [0, 0.1) is 5.92 Å². The van der Waals surface area contributed by atoms with Crippen molar-refractivity contribution in [3.8, 4) is 11.4 Å². The lowest BCUT2D eigenvalue weighted by atomic mass is 10.0. The SMILES string of the molecule is CCC(CC(=O)O)Cn1nnnc1-c1cc(Br)sc1Br. The third-order valence-corrected chi connectivity index (χ3v) is 5.24. The maximum absolute atomic E-state index is 10.8. The molecule has 0 saturated carbocycles. The van der Waals surface area contributed by atoms with Gasteiger partial charge in [-0.25, -0.2) is 4.68 Å². The Morgan fingerprint density at radius 3 is 2.85 bits per heavy atom. The van der Waals surface area contributed by atoms with Crippen LogP contribution in [0.15, 0.2) is 13.6 Å². The van der Waals surface area contributed by atoms with Gasteiger partial charge in [-0.05, 0) is 54.3 Å². The molecule has 2 aromatic heterocycles. The zero-order chi connectivity index (χ0) is 14.7. The number of tetrazole rings is 1. The van der Waals surface area contributed by atoms with E-state index >= 15 is 0 Å². The third-order valence-electron chi connectivity index (χ3n) is 2.90. The molecule has 0 aromatic carbocycles. The van der Waals surface area contributed by atoms with Gasteiger partial charge in [-0.15, -0.1) is 16.4 Å². The van der Waals surface area contributed by atoms with Gasteiger partial charge in [-0.2, -0.15) is 0 Å². The summed E-state index contributed by atoms with van der Waals surface area (Å²) < 4.78 is 3.58. The molecule has 2 heterocycles. The van der Waals surface area contributed by atoms with Gasteiger partial charge in [0.25, 0.3) is 0 Å². The van der Waals surface area contributed by atoms with Gasteiger partial charge in [0.15, 0.2) is 5.82 Å². The fraction of sp³-hybridized carbons (Fsp3) is 0.455. The summed E-state index contributed by atoms with van der Waals surface area (Å²) in [6.07, 6.45) is 0.879. The highest BCUT2D eigenvalue weighted by Gasteiger charge is 2.19. The van der Waals surface area contributed by atoms with Gasteiger partial charge in [-0.3, -0.25) is 4.79 Å². The number of carbonyl (C=O) groups is 1. The highest BCUT2D eigenvalue weighted by molar-refractivity contribution is 9.12. The smallest absolute Gasteiger partial charge is 0.303 e. The molecular weight excluding hydrogens is 412 g/mol. The van der Waals surface area contributed by atoms with Crippen LogP contribution >= 0.6 is 43.2 Å². The molecule has 1 N–H and O–H groups in total. The van der Waals surface area contributed by atoms with E-state index in [2.05, 4.69) is 47.4 Å². The summed E-state index contributed by atoms with van der Waals surface area (Å²) in [5, 5.41) is 20.6. The number of nitrogens with zero attached hydrogens (tertiary/aromatic N) is 4. The first-order chi connectivity index (χ1) is 9.51. The summed E-state index contributed by atoms with van der Waals surface area (Å²) in [6, 6.07) is 1.94. The Bertz CT molecular complexity index is 613. The van der Waals surface area contributed by atoms with Gasteiger partial charge in [0.1, 0.15) is 0 Å². The Morgan fingerprint density at radius 2 is 2.30 bits per heavy atom. The van der Waals surface area contributed by atoms with E-state index < -0.39 is 5.97 Å². The van der Waals surface area contributed by atoms with Crippen molar-refractivity contribution in [2.75, 3.05) is 0 Å². The first kappa shape index (κ1) is 15.6. The molecule has 0 saturated heterocycles. The van der Waals surface area contributed by atoms with E-state index in [0.29, 0.717) is 12.4 Å². The zero-order valence-corrected chi connectivity index (χ0v) is 14.6. The van der Waals surface area contributed by atoms with Gasteiger partial charge in [0, 0.05) is 18.5 Å². The Morgan fingerprint density at radius 1 is 1.55 bits per heavy atom. The normalized spacial score (nSPS) is 12.6. The topological polar surface area (TPSA) is 80.9 Å². The van der Waals surface area contributed by atoms with Crippen LogP contribution in [0.5, 0.6) is 0 Å². The molecule has 20 heavy (non-hydrogen) atoms. The molecule has 0 spiro atoms. The van der Waals surface area contributed by atoms with E-state index in [4.69, 9.17) is 5.11 Å². The molecule has 2 aromatic rings. The molecule has 0 amide bonds. The van der Waals surface area contributed by atoms with E-state index in [1.54, 1.807) is 16.0 Å². The van der Waals surface area contributed by atoms with Crippen molar-refractivity contribution in [3.05, 3.63) is 13.6 Å². The van der Waals surface area contributed by atoms with E-state index in [0.717, 1.165) is 19.6 Å². The number of halogens is 2. The number of rotatable bonds is 6. The predicted molar refractivity (Wildman–Crippen MR) is 82.6 cm³/mol. The van der Waals surface area contributed by atoms with E-state index in [1.807, 2.05) is 13.0 Å². The van der Waals surface area contributed by atoms with Crippen LogP contribution in [-0.4, -0.2) is 31.3 Å². The van der Waals surface area contributed by atoms with Crippen LogP contribution in [0.2, 0.25) is 0 Å². The number of hydrogen-bond acceptors (Lipinski definition) is 5. The Hall–Kier alpha value is -0.800. The second-order valence-corrected chi connectivity index (χ2v) is 8.04. The first-order valence-corrected chi connectivity index (χ1v) is 8.34. The number of carboxylic acid groups (broad SMARTS) is 1. The standard InChI is InChI=1S/C11H12Br2N4O2S/c1-2-6(3-9(18)19)5-17-11(14-15-16-17)7-4-8(12)20-10(7)13/h4,6H,2-3,5H2,1H3,(H,18,19). The monoisotopic (exact) mass is 422 g/mol.